The average Bonchev–Trinajstić information content (AvgIpc) is 2.45. The second-order valence-corrected chi connectivity index (χ2v) is 6.70. The van der Waals surface area contributed by atoms with Gasteiger partial charge < -0.3 is 15.3 Å². The first-order chi connectivity index (χ1) is 9.61. The molecule has 20 heavy (non-hydrogen) atoms. The lowest BCUT2D eigenvalue weighted by molar-refractivity contribution is 0.240. The quantitative estimate of drug-likeness (QED) is 0.863. The summed E-state index contributed by atoms with van der Waals surface area (Å²) in [5.41, 5.74) is 2.49. The molecule has 2 N–H and O–H groups in total. The van der Waals surface area contributed by atoms with E-state index in [0.29, 0.717) is 6.04 Å². The smallest absolute Gasteiger partial charge is 0.0635 e. The van der Waals surface area contributed by atoms with Crippen molar-refractivity contribution >= 4 is 21.6 Å². The minimum absolute atomic E-state index is 0.239. The molecule has 1 heterocycles. The van der Waals surface area contributed by atoms with E-state index in [1.54, 1.807) is 0 Å². The Hall–Kier alpha value is -0.580. The Balaban J connectivity index is 2.12. The van der Waals surface area contributed by atoms with Gasteiger partial charge in [0.25, 0.3) is 0 Å². The van der Waals surface area contributed by atoms with E-state index in [1.165, 1.54) is 24.1 Å². The molecule has 1 aliphatic heterocycles. The summed E-state index contributed by atoms with van der Waals surface area (Å²) >= 11 is 3.70. The fourth-order valence-corrected chi connectivity index (χ4v) is 3.38. The van der Waals surface area contributed by atoms with Gasteiger partial charge in [-0.25, -0.2) is 0 Å². The minimum atomic E-state index is 0.239. The third kappa shape index (κ3) is 3.96. The van der Waals surface area contributed by atoms with Crippen LogP contribution in [0, 0.1) is 0 Å². The third-order valence-corrected chi connectivity index (χ3v) is 4.51. The molecule has 1 saturated heterocycles. The van der Waals surface area contributed by atoms with Gasteiger partial charge in [-0.15, -0.1) is 0 Å². The standard InChI is InChI=1S/C16H25BrN2O/c1-12(2)18-10-13-6-7-16(15(17)9-13)19-8-4-3-5-14(19)11-20/h6-7,9,12,14,18,20H,3-5,8,10-11H2,1-2H3. The van der Waals surface area contributed by atoms with E-state index in [9.17, 15) is 5.11 Å². The summed E-state index contributed by atoms with van der Waals surface area (Å²) in [5.74, 6) is 0. The fourth-order valence-electron chi connectivity index (χ4n) is 2.72. The molecule has 1 fully saturated rings. The molecule has 3 nitrogen and oxygen atoms in total. The number of piperidine rings is 1. The van der Waals surface area contributed by atoms with Crippen molar-refractivity contribution in [2.45, 2.75) is 51.7 Å². The van der Waals surface area contributed by atoms with Crippen molar-refractivity contribution < 1.29 is 5.11 Å². The lowest BCUT2D eigenvalue weighted by Gasteiger charge is -2.37. The zero-order valence-electron chi connectivity index (χ0n) is 12.4. The predicted molar refractivity (Wildman–Crippen MR) is 88.2 cm³/mol. The van der Waals surface area contributed by atoms with Gasteiger partial charge in [-0.3, -0.25) is 0 Å². The molecule has 0 aliphatic carbocycles. The monoisotopic (exact) mass is 340 g/mol. The highest BCUT2D eigenvalue weighted by molar-refractivity contribution is 9.10. The maximum Gasteiger partial charge on any atom is 0.0635 e. The Bertz CT molecular complexity index is 436. The molecule has 0 aromatic heterocycles. The van der Waals surface area contributed by atoms with Crippen LogP contribution in [0.1, 0.15) is 38.7 Å². The lowest BCUT2D eigenvalue weighted by Crippen LogP contribution is -2.42. The van der Waals surface area contributed by atoms with Gasteiger partial charge in [0, 0.05) is 23.6 Å². The molecule has 2 rings (SSSR count). The van der Waals surface area contributed by atoms with E-state index in [2.05, 4.69) is 58.2 Å². The van der Waals surface area contributed by atoms with E-state index in [-0.39, 0.29) is 12.6 Å². The number of rotatable bonds is 5. The molecule has 112 valence electrons. The van der Waals surface area contributed by atoms with Crippen LogP contribution in [0.3, 0.4) is 0 Å². The number of aliphatic hydroxyl groups excluding tert-OH is 1. The van der Waals surface area contributed by atoms with Crippen LogP contribution in [0.5, 0.6) is 0 Å². The number of halogens is 1. The first kappa shape index (κ1) is 15.8. The summed E-state index contributed by atoms with van der Waals surface area (Å²) in [6.45, 7) is 6.47. The van der Waals surface area contributed by atoms with Crippen LogP contribution in [0.4, 0.5) is 5.69 Å². The van der Waals surface area contributed by atoms with Gasteiger partial charge >= 0.3 is 0 Å². The Morgan fingerprint density at radius 3 is 2.85 bits per heavy atom. The first-order valence-electron chi connectivity index (χ1n) is 7.51. The number of anilines is 1. The van der Waals surface area contributed by atoms with Crippen LogP contribution < -0.4 is 10.2 Å². The predicted octanol–water partition coefficient (Wildman–Crippen LogP) is 3.30. The molecule has 0 radical (unpaired) electrons. The van der Waals surface area contributed by atoms with Gasteiger partial charge in [-0.1, -0.05) is 19.9 Å². The van der Waals surface area contributed by atoms with Gasteiger partial charge in [-0.2, -0.15) is 0 Å². The molecular formula is C16H25BrN2O. The topological polar surface area (TPSA) is 35.5 Å². The molecule has 0 saturated carbocycles. The summed E-state index contributed by atoms with van der Waals surface area (Å²) in [4.78, 5) is 2.34. The summed E-state index contributed by atoms with van der Waals surface area (Å²) in [6.07, 6.45) is 3.51. The Labute approximate surface area is 130 Å². The number of hydrogen-bond acceptors (Lipinski definition) is 3. The van der Waals surface area contributed by atoms with E-state index in [1.807, 2.05) is 0 Å². The van der Waals surface area contributed by atoms with Crippen molar-refractivity contribution in [1.29, 1.82) is 0 Å². The van der Waals surface area contributed by atoms with Gasteiger partial charge in [-0.05, 0) is 52.9 Å². The second-order valence-electron chi connectivity index (χ2n) is 5.85. The van der Waals surface area contributed by atoms with Crippen molar-refractivity contribution in [3.05, 3.63) is 28.2 Å². The third-order valence-electron chi connectivity index (χ3n) is 3.87. The van der Waals surface area contributed by atoms with Gasteiger partial charge in [0.2, 0.25) is 0 Å². The summed E-state index contributed by atoms with van der Waals surface area (Å²) in [5, 5.41) is 13.0. The molecule has 4 heteroatoms. The molecule has 1 unspecified atom stereocenters. The van der Waals surface area contributed by atoms with Crippen molar-refractivity contribution in [3.8, 4) is 0 Å². The van der Waals surface area contributed by atoms with Crippen LogP contribution >= 0.6 is 15.9 Å². The highest BCUT2D eigenvalue weighted by atomic mass is 79.9. The summed E-state index contributed by atoms with van der Waals surface area (Å²) in [6, 6.07) is 7.30. The molecule has 0 spiro atoms. The van der Waals surface area contributed by atoms with Crippen LogP contribution in [-0.4, -0.2) is 30.3 Å². The minimum Gasteiger partial charge on any atom is -0.394 e. The highest BCUT2D eigenvalue weighted by Crippen LogP contribution is 2.32. The van der Waals surface area contributed by atoms with Crippen LogP contribution in [0.2, 0.25) is 0 Å². The average molecular weight is 341 g/mol. The molecule has 1 aromatic rings. The maximum absolute atomic E-state index is 9.55. The van der Waals surface area contributed by atoms with E-state index < -0.39 is 0 Å². The van der Waals surface area contributed by atoms with Crippen molar-refractivity contribution in [2.75, 3.05) is 18.1 Å². The first-order valence-corrected chi connectivity index (χ1v) is 8.30. The molecule has 1 aromatic carbocycles. The fraction of sp³-hybridized carbons (Fsp3) is 0.625. The van der Waals surface area contributed by atoms with Crippen molar-refractivity contribution in [2.24, 2.45) is 0 Å². The van der Waals surface area contributed by atoms with E-state index in [0.717, 1.165) is 24.0 Å². The van der Waals surface area contributed by atoms with Gasteiger partial charge in [0.1, 0.15) is 0 Å². The highest BCUT2D eigenvalue weighted by Gasteiger charge is 2.23. The number of aliphatic hydroxyl groups is 1. The zero-order valence-corrected chi connectivity index (χ0v) is 14.0. The van der Waals surface area contributed by atoms with Gasteiger partial charge in [0.05, 0.1) is 18.3 Å². The van der Waals surface area contributed by atoms with Crippen LogP contribution in [-0.2, 0) is 6.54 Å². The Morgan fingerprint density at radius 1 is 1.40 bits per heavy atom. The molecule has 0 bridgehead atoms. The zero-order chi connectivity index (χ0) is 14.5. The van der Waals surface area contributed by atoms with Crippen molar-refractivity contribution in [3.63, 3.8) is 0 Å². The number of benzene rings is 1. The number of nitrogens with zero attached hydrogens (tertiary/aromatic N) is 1. The van der Waals surface area contributed by atoms with Gasteiger partial charge in [0.15, 0.2) is 0 Å². The largest absolute Gasteiger partial charge is 0.394 e. The summed E-state index contributed by atoms with van der Waals surface area (Å²) < 4.78 is 1.13. The number of nitrogens with one attached hydrogen (secondary N) is 1. The molecule has 0 amide bonds. The number of hydrogen-bond donors (Lipinski definition) is 2. The molecular weight excluding hydrogens is 316 g/mol. The molecule has 1 atom stereocenters. The Kier molecular flexibility index (Phi) is 5.87. The van der Waals surface area contributed by atoms with E-state index in [4.69, 9.17) is 0 Å². The Morgan fingerprint density at radius 2 is 2.20 bits per heavy atom. The van der Waals surface area contributed by atoms with Crippen LogP contribution in [0.25, 0.3) is 0 Å². The second kappa shape index (κ2) is 7.43. The van der Waals surface area contributed by atoms with E-state index >= 15 is 0 Å². The summed E-state index contributed by atoms with van der Waals surface area (Å²) in [7, 11) is 0. The maximum atomic E-state index is 9.55. The lowest BCUT2D eigenvalue weighted by atomic mass is 10.0. The molecule has 1 aliphatic rings. The SMILES string of the molecule is CC(C)NCc1ccc(N2CCCCC2CO)c(Br)c1. The normalized spacial score (nSPS) is 19.6. The van der Waals surface area contributed by atoms with Crippen LogP contribution in [0.15, 0.2) is 22.7 Å². The van der Waals surface area contributed by atoms with Crippen molar-refractivity contribution in [1.82, 2.24) is 5.32 Å².